The molecule has 1 aliphatic rings. The summed E-state index contributed by atoms with van der Waals surface area (Å²) < 4.78 is 4.43. The zero-order valence-electron chi connectivity index (χ0n) is 13.2. The van der Waals surface area contributed by atoms with Gasteiger partial charge in [-0.1, -0.05) is 11.6 Å². The highest BCUT2D eigenvalue weighted by Gasteiger charge is 2.23. The monoisotopic (exact) mass is 351 g/mol. The van der Waals surface area contributed by atoms with Crippen LogP contribution >= 0.6 is 11.6 Å². The van der Waals surface area contributed by atoms with E-state index in [2.05, 4.69) is 10.1 Å². The van der Waals surface area contributed by atoms with E-state index in [-0.39, 0.29) is 11.9 Å². The van der Waals surface area contributed by atoms with Crippen LogP contribution in [0.2, 0.25) is 5.02 Å². The van der Waals surface area contributed by atoms with Crippen molar-refractivity contribution in [3.05, 3.63) is 41.4 Å². The van der Waals surface area contributed by atoms with Gasteiger partial charge in [0, 0.05) is 49.0 Å². The Morgan fingerprint density at radius 3 is 2.21 bits per heavy atom. The highest BCUT2D eigenvalue weighted by molar-refractivity contribution is 6.30. The molecule has 0 atom stereocenters. The number of urea groups is 1. The molecule has 1 aliphatic heterocycles. The van der Waals surface area contributed by atoms with Crippen LogP contribution < -0.4 is 5.32 Å². The van der Waals surface area contributed by atoms with E-state index in [4.69, 9.17) is 11.6 Å². The molecule has 0 aromatic heterocycles. The number of carbonyl (C=O) groups is 3. The molecule has 7 nitrogen and oxygen atoms in total. The maximum atomic E-state index is 12.2. The molecule has 128 valence electrons. The fourth-order valence-corrected chi connectivity index (χ4v) is 2.30. The molecule has 0 spiro atoms. The maximum Gasteiger partial charge on any atom is 0.330 e. The Morgan fingerprint density at radius 2 is 1.62 bits per heavy atom. The molecule has 1 aromatic carbocycles. The number of hydrogen-bond donors (Lipinski definition) is 1. The van der Waals surface area contributed by atoms with Crippen molar-refractivity contribution in [3.8, 4) is 0 Å². The summed E-state index contributed by atoms with van der Waals surface area (Å²) in [5, 5.41) is 3.38. The lowest BCUT2D eigenvalue weighted by atomic mass is 10.3. The Morgan fingerprint density at radius 1 is 1.04 bits per heavy atom. The van der Waals surface area contributed by atoms with Crippen molar-refractivity contribution in [1.29, 1.82) is 0 Å². The average molecular weight is 352 g/mol. The van der Waals surface area contributed by atoms with Crippen molar-refractivity contribution in [3.63, 3.8) is 0 Å². The Balaban J connectivity index is 1.82. The first kappa shape index (κ1) is 17.8. The minimum atomic E-state index is -0.579. The lowest BCUT2D eigenvalue weighted by Gasteiger charge is -2.34. The Hall–Kier alpha value is -2.54. The summed E-state index contributed by atoms with van der Waals surface area (Å²) in [7, 11) is 1.25. The van der Waals surface area contributed by atoms with Crippen LogP contribution in [0.15, 0.2) is 36.4 Å². The SMILES string of the molecule is COC(=O)/C=C/C(=O)N1CCN(C(=O)Nc2ccc(Cl)cc2)CC1. The molecule has 2 rings (SSSR count). The molecular weight excluding hydrogens is 334 g/mol. The van der Waals surface area contributed by atoms with Crippen molar-refractivity contribution in [2.45, 2.75) is 0 Å². The second-order valence-corrected chi connectivity index (χ2v) is 5.54. The average Bonchev–Trinajstić information content (AvgIpc) is 2.61. The summed E-state index contributed by atoms with van der Waals surface area (Å²) in [6, 6.07) is 6.60. The number of benzene rings is 1. The van der Waals surface area contributed by atoms with Crippen LogP contribution in [-0.2, 0) is 14.3 Å². The van der Waals surface area contributed by atoms with Gasteiger partial charge in [0.1, 0.15) is 0 Å². The van der Waals surface area contributed by atoms with Crippen molar-refractivity contribution in [2.75, 3.05) is 38.6 Å². The second kappa shape index (κ2) is 8.35. The van der Waals surface area contributed by atoms with Crippen molar-refractivity contribution in [2.24, 2.45) is 0 Å². The van der Waals surface area contributed by atoms with E-state index in [0.29, 0.717) is 36.9 Å². The number of halogens is 1. The molecule has 1 fully saturated rings. The van der Waals surface area contributed by atoms with Crippen LogP contribution in [0, 0.1) is 0 Å². The third-order valence-electron chi connectivity index (χ3n) is 3.54. The fraction of sp³-hybridized carbons (Fsp3) is 0.312. The number of nitrogens with one attached hydrogen (secondary N) is 1. The number of esters is 1. The largest absolute Gasteiger partial charge is 0.466 e. The van der Waals surface area contributed by atoms with E-state index in [0.717, 1.165) is 6.08 Å². The lowest BCUT2D eigenvalue weighted by molar-refractivity contribution is -0.135. The van der Waals surface area contributed by atoms with Gasteiger partial charge in [0.15, 0.2) is 0 Å². The number of amides is 3. The first-order valence-electron chi connectivity index (χ1n) is 7.36. The molecule has 1 aromatic rings. The first-order valence-corrected chi connectivity index (χ1v) is 7.74. The van der Waals surface area contributed by atoms with E-state index in [9.17, 15) is 14.4 Å². The molecule has 0 radical (unpaired) electrons. The van der Waals surface area contributed by atoms with Crippen molar-refractivity contribution in [1.82, 2.24) is 9.80 Å². The molecule has 1 saturated heterocycles. The zero-order valence-corrected chi connectivity index (χ0v) is 14.0. The van der Waals surface area contributed by atoms with Gasteiger partial charge in [-0.2, -0.15) is 0 Å². The lowest BCUT2D eigenvalue weighted by Crippen LogP contribution is -2.51. The standard InChI is InChI=1S/C16H18ClN3O4/c1-24-15(22)7-6-14(21)19-8-10-20(11-9-19)16(23)18-13-4-2-12(17)3-5-13/h2-7H,8-11H2,1H3,(H,18,23)/b7-6+. The second-order valence-electron chi connectivity index (χ2n) is 5.11. The summed E-state index contributed by atoms with van der Waals surface area (Å²) in [4.78, 5) is 38.3. The molecule has 1 N–H and O–H groups in total. The Kier molecular flexibility index (Phi) is 6.20. The van der Waals surface area contributed by atoms with Crippen LogP contribution in [0.3, 0.4) is 0 Å². The van der Waals surface area contributed by atoms with Gasteiger partial charge >= 0.3 is 12.0 Å². The van der Waals surface area contributed by atoms with Crippen LogP contribution in [0.1, 0.15) is 0 Å². The topological polar surface area (TPSA) is 79.0 Å². The van der Waals surface area contributed by atoms with E-state index in [1.807, 2.05) is 0 Å². The molecule has 0 saturated carbocycles. The number of rotatable bonds is 3. The van der Waals surface area contributed by atoms with Crippen LogP contribution in [0.4, 0.5) is 10.5 Å². The van der Waals surface area contributed by atoms with Crippen LogP contribution in [0.25, 0.3) is 0 Å². The molecule has 0 bridgehead atoms. The van der Waals surface area contributed by atoms with Gasteiger partial charge < -0.3 is 19.9 Å². The van der Waals surface area contributed by atoms with Gasteiger partial charge in [-0.05, 0) is 24.3 Å². The fourth-order valence-electron chi connectivity index (χ4n) is 2.18. The molecule has 24 heavy (non-hydrogen) atoms. The van der Waals surface area contributed by atoms with E-state index >= 15 is 0 Å². The molecule has 0 aliphatic carbocycles. The number of nitrogens with zero attached hydrogens (tertiary/aromatic N) is 2. The highest BCUT2D eigenvalue weighted by atomic mass is 35.5. The minimum absolute atomic E-state index is 0.227. The Bertz CT molecular complexity index is 637. The summed E-state index contributed by atoms with van der Waals surface area (Å²) in [5.41, 5.74) is 0.656. The summed E-state index contributed by atoms with van der Waals surface area (Å²) in [6.45, 7) is 1.63. The minimum Gasteiger partial charge on any atom is -0.466 e. The van der Waals surface area contributed by atoms with Gasteiger partial charge in [0.25, 0.3) is 0 Å². The zero-order chi connectivity index (χ0) is 17.5. The normalized spacial score (nSPS) is 14.6. The maximum absolute atomic E-state index is 12.2. The van der Waals surface area contributed by atoms with Gasteiger partial charge in [-0.15, -0.1) is 0 Å². The van der Waals surface area contributed by atoms with Crippen LogP contribution in [-0.4, -0.2) is 61.0 Å². The summed E-state index contributed by atoms with van der Waals surface area (Å²) in [6.07, 6.45) is 2.26. The predicted molar refractivity (Wildman–Crippen MR) is 89.8 cm³/mol. The smallest absolute Gasteiger partial charge is 0.330 e. The van der Waals surface area contributed by atoms with Crippen molar-refractivity contribution >= 4 is 35.2 Å². The molecule has 0 unspecified atom stereocenters. The van der Waals surface area contributed by atoms with Gasteiger partial charge in [0.05, 0.1) is 7.11 Å². The number of ether oxygens (including phenoxy) is 1. The first-order chi connectivity index (χ1) is 11.5. The van der Waals surface area contributed by atoms with Crippen LogP contribution in [0.5, 0.6) is 0 Å². The number of methoxy groups -OCH3 is 1. The predicted octanol–water partition coefficient (Wildman–Crippen LogP) is 1.75. The number of anilines is 1. The number of hydrogen-bond acceptors (Lipinski definition) is 4. The van der Waals surface area contributed by atoms with Gasteiger partial charge in [-0.25, -0.2) is 9.59 Å². The third kappa shape index (κ3) is 4.99. The number of piperazine rings is 1. The molecule has 1 heterocycles. The van der Waals surface area contributed by atoms with E-state index in [1.165, 1.54) is 13.2 Å². The summed E-state index contributed by atoms with van der Waals surface area (Å²) in [5.74, 6) is -0.859. The van der Waals surface area contributed by atoms with E-state index < -0.39 is 5.97 Å². The van der Waals surface area contributed by atoms with E-state index in [1.54, 1.807) is 34.1 Å². The molecular formula is C16H18ClN3O4. The molecule has 3 amide bonds. The number of carbonyl (C=O) groups excluding carboxylic acids is 3. The van der Waals surface area contributed by atoms with Gasteiger partial charge in [-0.3, -0.25) is 4.79 Å². The quantitative estimate of drug-likeness (QED) is 0.664. The highest BCUT2D eigenvalue weighted by Crippen LogP contribution is 2.14. The Labute approximate surface area is 144 Å². The third-order valence-corrected chi connectivity index (χ3v) is 3.79. The summed E-state index contributed by atoms with van der Waals surface area (Å²) >= 11 is 5.80. The van der Waals surface area contributed by atoms with Gasteiger partial charge in [0.2, 0.25) is 5.91 Å². The van der Waals surface area contributed by atoms with Crippen molar-refractivity contribution < 1.29 is 19.1 Å². The molecule has 8 heteroatoms.